The Kier molecular flexibility index (Phi) is 4.69. The van der Waals surface area contributed by atoms with E-state index in [4.69, 9.17) is 16.3 Å². The van der Waals surface area contributed by atoms with Crippen molar-refractivity contribution in [3.05, 3.63) is 0 Å². The second kappa shape index (κ2) is 5.56. The van der Waals surface area contributed by atoms with Crippen molar-refractivity contribution in [2.45, 2.75) is 25.9 Å². The first-order valence-corrected chi connectivity index (χ1v) is 5.61. The van der Waals surface area contributed by atoms with Crippen LogP contribution in [0.3, 0.4) is 0 Å². The van der Waals surface area contributed by atoms with Crippen LogP contribution < -0.4 is 0 Å². The zero-order valence-electron chi connectivity index (χ0n) is 8.83. The van der Waals surface area contributed by atoms with Crippen molar-refractivity contribution in [2.24, 2.45) is 5.92 Å². The normalized spacial score (nSPS) is 23.5. The molecule has 0 spiro atoms. The molecule has 82 valence electrons. The molecular formula is C10H18ClNO2. The Hall–Kier alpha value is -0.280. The lowest BCUT2D eigenvalue weighted by atomic mass is 10.1. The van der Waals surface area contributed by atoms with Gasteiger partial charge in [0.25, 0.3) is 0 Å². The van der Waals surface area contributed by atoms with Gasteiger partial charge in [0.05, 0.1) is 6.10 Å². The van der Waals surface area contributed by atoms with Gasteiger partial charge in [-0.3, -0.25) is 4.79 Å². The van der Waals surface area contributed by atoms with Gasteiger partial charge in [0.15, 0.2) is 0 Å². The molecule has 1 aliphatic rings. The van der Waals surface area contributed by atoms with E-state index in [2.05, 4.69) is 0 Å². The number of hydrogen-bond donors (Lipinski definition) is 0. The fourth-order valence-corrected chi connectivity index (χ4v) is 1.76. The molecule has 1 heterocycles. The van der Waals surface area contributed by atoms with Gasteiger partial charge in [-0.15, -0.1) is 11.6 Å². The molecule has 1 saturated heterocycles. The number of ether oxygens (including phenoxy) is 1. The van der Waals surface area contributed by atoms with Gasteiger partial charge in [-0.05, 0) is 12.8 Å². The third kappa shape index (κ3) is 3.14. The third-order valence-electron chi connectivity index (χ3n) is 2.53. The van der Waals surface area contributed by atoms with E-state index in [-0.39, 0.29) is 17.9 Å². The number of alkyl halides is 1. The molecule has 1 amide bonds. The minimum Gasteiger partial charge on any atom is -0.376 e. The molecule has 1 rings (SSSR count). The van der Waals surface area contributed by atoms with Crippen molar-refractivity contribution in [1.82, 2.24) is 4.90 Å². The van der Waals surface area contributed by atoms with E-state index in [0.29, 0.717) is 12.4 Å². The highest BCUT2D eigenvalue weighted by molar-refractivity contribution is 6.19. The Bertz CT molecular complexity index is 193. The maximum absolute atomic E-state index is 11.6. The first-order chi connectivity index (χ1) is 6.65. The molecule has 0 aromatic carbocycles. The second-order valence-corrected chi connectivity index (χ2v) is 4.22. The van der Waals surface area contributed by atoms with Gasteiger partial charge in [-0.1, -0.05) is 6.92 Å². The maximum atomic E-state index is 11.6. The summed E-state index contributed by atoms with van der Waals surface area (Å²) in [6.45, 7) is 3.37. The summed E-state index contributed by atoms with van der Waals surface area (Å²) >= 11 is 5.63. The Morgan fingerprint density at radius 2 is 2.43 bits per heavy atom. The summed E-state index contributed by atoms with van der Waals surface area (Å²) < 4.78 is 5.46. The number of amides is 1. The number of carbonyl (C=O) groups excluding carboxylic acids is 1. The number of hydrogen-bond acceptors (Lipinski definition) is 2. The lowest BCUT2D eigenvalue weighted by Gasteiger charge is -2.23. The molecule has 3 nitrogen and oxygen atoms in total. The van der Waals surface area contributed by atoms with E-state index >= 15 is 0 Å². The highest BCUT2D eigenvalue weighted by Gasteiger charge is 2.22. The molecule has 0 N–H and O–H groups in total. The number of rotatable bonds is 4. The van der Waals surface area contributed by atoms with E-state index in [1.54, 1.807) is 4.90 Å². The van der Waals surface area contributed by atoms with E-state index in [0.717, 1.165) is 19.4 Å². The predicted octanol–water partition coefficient (Wildman–Crippen LogP) is 1.50. The fourth-order valence-electron chi connectivity index (χ4n) is 1.63. The molecule has 1 fully saturated rings. The summed E-state index contributed by atoms with van der Waals surface area (Å²) in [6, 6.07) is 0. The SMILES string of the molecule is CC(CCl)C(=O)N(C)CC1CCCO1. The number of carbonyl (C=O) groups is 1. The maximum Gasteiger partial charge on any atom is 0.226 e. The Balaban J connectivity index is 2.32. The number of likely N-dealkylation sites (N-methyl/N-ethyl adjacent to an activating group) is 1. The van der Waals surface area contributed by atoms with Gasteiger partial charge in [-0.2, -0.15) is 0 Å². The molecule has 2 atom stereocenters. The highest BCUT2D eigenvalue weighted by Crippen LogP contribution is 2.14. The van der Waals surface area contributed by atoms with Crippen LogP contribution in [0.5, 0.6) is 0 Å². The standard InChI is InChI=1S/C10H18ClNO2/c1-8(6-11)10(13)12(2)7-9-4-3-5-14-9/h8-9H,3-7H2,1-2H3. The molecule has 0 radical (unpaired) electrons. The summed E-state index contributed by atoms with van der Waals surface area (Å²) in [5.41, 5.74) is 0. The zero-order valence-corrected chi connectivity index (χ0v) is 9.59. The smallest absolute Gasteiger partial charge is 0.226 e. The summed E-state index contributed by atoms with van der Waals surface area (Å²) in [4.78, 5) is 13.4. The highest BCUT2D eigenvalue weighted by atomic mass is 35.5. The quantitative estimate of drug-likeness (QED) is 0.671. The summed E-state index contributed by atoms with van der Waals surface area (Å²) in [5, 5.41) is 0. The van der Waals surface area contributed by atoms with Crippen LogP contribution in [0.2, 0.25) is 0 Å². The van der Waals surface area contributed by atoms with E-state index in [1.807, 2.05) is 14.0 Å². The van der Waals surface area contributed by atoms with Gasteiger partial charge in [0.2, 0.25) is 5.91 Å². The first-order valence-electron chi connectivity index (χ1n) is 5.07. The largest absolute Gasteiger partial charge is 0.376 e. The summed E-state index contributed by atoms with van der Waals surface area (Å²) in [5.74, 6) is 0.396. The lowest BCUT2D eigenvalue weighted by molar-refractivity contribution is -0.134. The minimum atomic E-state index is -0.0944. The average Bonchev–Trinajstić information content (AvgIpc) is 2.68. The van der Waals surface area contributed by atoms with Crippen LogP contribution in [0.1, 0.15) is 19.8 Å². The van der Waals surface area contributed by atoms with E-state index in [1.165, 1.54) is 0 Å². The van der Waals surface area contributed by atoms with Crippen LogP contribution in [0.25, 0.3) is 0 Å². The van der Waals surface area contributed by atoms with Crippen LogP contribution in [-0.2, 0) is 9.53 Å². The molecule has 2 unspecified atom stereocenters. The van der Waals surface area contributed by atoms with E-state index in [9.17, 15) is 4.79 Å². The molecule has 0 aromatic rings. The molecule has 0 aliphatic carbocycles. The molecule has 0 bridgehead atoms. The Morgan fingerprint density at radius 3 is 2.93 bits per heavy atom. The molecule has 0 aromatic heterocycles. The molecular weight excluding hydrogens is 202 g/mol. The minimum absolute atomic E-state index is 0.0944. The van der Waals surface area contributed by atoms with Crippen molar-refractivity contribution in [3.63, 3.8) is 0 Å². The van der Waals surface area contributed by atoms with Gasteiger partial charge >= 0.3 is 0 Å². The zero-order chi connectivity index (χ0) is 10.6. The van der Waals surface area contributed by atoms with Crippen LogP contribution in [0.4, 0.5) is 0 Å². The van der Waals surface area contributed by atoms with Crippen molar-refractivity contribution in [3.8, 4) is 0 Å². The summed E-state index contributed by atoms with van der Waals surface area (Å²) in [7, 11) is 1.81. The monoisotopic (exact) mass is 219 g/mol. The van der Waals surface area contributed by atoms with Gasteiger partial charge < -0.3 is 9.64 Å². The molecule has 14 heavy (non-hydrogen) atoms. The topological polar surface area (TPSA) is 29.5 Å². The molecule has 4 heteroatoms. The lowest BCUT2D eigenvalue weighted by Crippen LogP contribution is -2.37. The number of nitrogens with zero attached hydrogens (tertiary/aromatic N) is 1. The third-order valence-corrected chi connectivity index (χ3v) is 2.99. The van der Waals surface area contributed by atoms with Crippen LogP contribution in [0.15, 0.2) is 0 Å². The first kappa shape index (κ1) is 11.8. The Labute approximate surface area is 90.4 Å². The summed E-state index contributed by atoms with van der Waals surface area (Å²) in [6.07, 6.45) is 2.40. The van der Waals surface area contributed by atoms with Crippen molar-refractivity contribution in [2.75, 3.05) is 26.1 Å². The van der Waals surface area contributed by atoms with Crippen LogP contribution >= 0.6 is 11.6 Å². The Morgan fingerprint density at radius 1 is 1.71 bits per heavy atom. The van der Waals surface area contributed by atoms with Crippen molar-refractivity contribution < 1.29 is 9.53 Å². The van der Waals surface area contributed by atoms with Gasteiger partial charge in [0.1, 0.15) is 0 Å². The van der Waals surface area contributed by atoms with Crippen molar-refractivity contribution in [1.29, 1.82) is 0 Å². The van der Waals surface area contributed by atoms with E-state index < -0.39 is 0 Å². The average molecular weight is 220 g/mol. The molecule has 0 saturated carbocycles. The van der Waals surface area contributed by atoms with Crippen LogP contribution in [0, 0.1) is 5.92 Å². The predicted molar refractivity (Wildman–Crippen MR) is 56.5 cm³/mol. The second-order valence-electron chi connectivity index (χ2n) is 3.91. The number of halogens is 1. The van der Waals surface area contributed by atoms with Crippen molar-refractivity contribution >= 4 is 17.5 Å². The van der Waals surface area contributed by atoms with Gasteiger partial charge in [0, 0.05) is 32.0 Å². The van der Waals surface area contributed by atoms with Crippen LogP contribution in [-0.4, -0.2) is 43.0 Å². The molecule has 1 aliphatic heterocycles. The van der Waals surface area contributed by atoms with Gasteiger partial charge in [-0.25, -0.2) is 0 Å². The fraction of sp³-hybridized carbons (Fsp3) is 0.900.